The van der Waals surface area contributed by atoms with Crippen molar-refractivity contribution in [1.29, 1.82) is 0 Å². The van der Waals surface area contributed by atoms with Gasteiger partial charge in [0.15, 0.2) is 0 Å². The molecule has 35 heavy (non-hydrogen) atoms. The highest BCUT2D eigenvalue weighted by molar-refractivity contribution is 6.01. The van der Waals surface area contributed by atoms with Gasteiger partial charge in [-0.1, -0.05) is 12.1 Å². The van der Waals surface area contributed by atoms with E-state index < -0.39 is 17.1 Å². The van der Waals surface area contributed by atoms with Crippen LogP contribution < -0.4 is 0 Å². The highest BCUT2D eigenvalue weighted by Gasteiger charge is 2.51. The second kappa shape index (κ2) is 8.79. The third kappa shape index (κ3) is 4.33. The fourth-order valence-corrected chi connectivity index (χ4v) is 5.41. The van der Waals surface area contributed by atoms with Gasteiger partial charge >= 0.3 is 6.09 Å². The number of imide groups is 1. The number of hydrogen-bond donors (Lipinski definition) is 0. The highest BCUT2D eigenvalue weighted by atomic mass is 16.6. The lowest BCUT2D eigenvalue weighted by Crippen LogP contribution is -2.44. The maximum atomic E-state index is 14.0. The lowest BCUT2D eigenvalue weighted by Gasteiger charge is -2.29. The van der Waals surface area contributed by atoms with E-state index in [0.717, 1.165) is 29.7 Å². The molecule has 3 aromatic rings. The second-order valence-corrected chi connectivity index (χ2v) is 10.8. The number of carbonyl (C=O) groups excluding carboxylic acids is 2. The van der Waals surface area contributed by atoms with Crippen LogP contribution in [0.2, 0.25) is 0 Å². The molecular formula is C28H33N3O4. The van der Waals surface area contributed by atoms with Gasteiger partial charge in [0.2, 0.25) is 5.91 Å². The molecule has 2 atom stereocenters. The Hall–Kier alpha value is -3.19. The van der Waals surface area contributed by atoms with Crippen molar-refractivity contribution in [3.05, 3.63) is 65.6 Å². The van der Waals surface area contributed by atoms with Gasteiger partial charge in [0.05, 0.1) is 18.1 Å². The van der Waals surface area contributed by atoms with Crippen LogP contribution in [0.5, 0.6) is 0 Å². The maximum absolute atomic E-state index is 14.0. The Kier molecular flexibility index (Phi) is 5.91. The smallest absolute Gasteiger partial charge is 0.417 e. The molecule has 2 unspecified atom stereocenters. The van der Waals surface area contributed by atoms with Gasteiger partial charge in [-0.05, 0) is 81.8 Å². The van der Waals surface area contributed by atoms with Crippen LogP contribution in [0.4, 0.5) is 4.79 Å². The number of aryl methyl sites for hydroxylation is 1. The summed E-state index contributed by atoms with van der Waals surface area (Å²) < 4.78 is 13.5. The van der Waals surface area contributed by atoms with Crippen LogP contribution >= 0.6 is 0 Å². The van der Waals surface area contributed by atoms with Crippen LogP contribution in [-0.4, -0.2) is 51.8 Å². The summed E-state index contributed by atoms with van der Waals surface area (Å²) in [5, 5.41) is 1.18. The zero-order valence-electron chi connectivity index (χ0n) is 20.9. The summed E-state index contributed by atoms with van der Waals surface area (Å²) in [5.74, 6) is -0.207. The van der Waals surface area contributed by atoms with Gasteiger partial charge in [-0.3, -0.25) is 9.78 Å². The van der Waals surface area contributed by atoms with Crippen molar-refractivity contribution in [3.63, 3.8) is 0 Å². The van der Waals surface area contributed by atoms with Crippen LogP contribution in [0.25, 0.3) is 10.9 Å². The summed E-state index contributed by atoms with van der Waals surface area (Å²) in [4.78, 5) is 32.4. The third-order valence-corrected chi connectivity index (χ3v) is 7.17. The summed E-state index contributed by atoms with van der Waals surface area (Å²) in [6, 6.07) is 10.5. The molecule has 7 nitrogen and oxygen atoms in total. The number of benzene rings is 1. The number of likely N-dealkylation sites (tertiary alicyclic amines) is 1. The molecular weight excluding hydrogens is 442 g/mol. The molecule has 2 aliphatic rings. The van der Waals surface area contributed by atoms with E-state index >= 15 is 0 Å². The standard InChI is InChI=1S/C28H33N3O4/c1-19-17-31(22-9-14-34-18-22)24-15-21(5-6-23(19)24)28(16-20-7-11-29-12-8-20)10-13-30(25(28)32)26(33)35-27(2,3)4/h5-8,11-12,15,17,22H,9-10,13-14,16,18H2,1-4H3. The molecule has 0 radical (unpaired) electrons. The van der Waals surface area contributed by atoms with Crippen molar-refractivity contribution in [1.82, 2.24) is 14.5 Å². The SMILES string of the molecule is Cc1cn(C2CCOC2)c2cc(C3(Cc4ccncc4)CCN(C(=O)OC(C)(C)C)C3=O)ccc12. The average Bonchev–Trinajstić information content (AvgIpc) is 3.53. The lowest BCUT2D eigenvalue weighted by molar-refractivity contribution is -0.131. The Bertz CT molecular complexity index is 1250. The Morgan fingerprint density at radius 2 is 2.00 bits per heavy atom. The second-order valence-electron chi connectivity index (χ2n) is 10.8. The van der Waals surface area contributed by atoms with Crippen molar-refractivity contribution >= 4 is 22.9 Å². The Labute approximate surface area is 206 Å². The van der Waals surface area contributed by atoms with Gasteiger partial charge in [-0.15, -0.1) is 0 Å². The van der Waals surface area contributed by atoms with Crippen molar-refractivity contribution in [2.24, 2.45) is 0 Å². The molecule has 2 amide bonds. The molecule has 0 saturated carbocycles. The minimum Gasteiger partial charge on any atom is -0.443 e. The molecule has 184 valence electrons. The monoisotopic (exact) mass is 475 g/mol. The first-order chi connectivity index (χ1) is 16.7. The Morgan fingerprint density at radius 3 is 2.69 bits per heavy atom. The van der Waals surface area contributed by atoms with Gasteiger partial charge in [0.1, 0.15) is 5.60 Å². The van der Waals surface area contributed by atoms with E-state index in [1.165, 1.54) is 15.8 Å². The fourth-order valence-electron chi connectivity index (χ4n) is 5.41. The van der Waals surface area contributed by atoms with E-state index in [1.807, 2.05) is 32.9 Å². The Balaban J connectivity index is 1.59. The normalized spacial score (nSPS) is 22.8. The van der Waals surface area contributed by atoms with Gasteiger partial charge in [0, 0.05) is 42.6 Å². The van der Waals surface area contributed by atoms with E-state index in [0.29, 0.717) is 26.0 Å². The van der Waals surface area contributed by atoms with Gasteiger partial charge in [-0.2, -0.15) is 0 Å². The summed E-state index contributed by atoms with van der Waals surface area (Å²) >= 11 is 0. The predicted octanol–water partition coefficient (Wildman–Crippen LogP) is 4.95. The molecule has 2 fully saturated rings. The molecule has 2 aromatic heterocycles. The van der Waals surface area contributed by atoms with Gasteiger partial charge < -0.3 is 14.0 Å². The highest BCUT2D eigenvalue weighted by Crippen LogP contribution is 2.41. The number of hydrogen-bond acceptors (Lipinski definition) is 5. The number of carbonyl (C=O) groups is 2. The first-order valence-corrected chi connectivity index (χ1v) is 12.3. The summed E-state index contributed by atoms with van der Waals surface area (Å²) in [6.07, 6.45) is 7.09. The number of amides is 2. The number of nitrogens with zero attached hydrogens (tertiary/aromatic N) is 3. The Morgan fingerprint density at radius 1 is 1.23 bits per heavy atom. The number of pyridine rings is 1. The van der Waals surface area contributed by atoms with Gasteiger partial charge in [-0.25, -0.2) is 9.69 Å². The molecule has 0 bridgehead atoms. The molecule has 2 saturated heterocycles. The van der Waals surface area contributed by atoms with E-state index in [1.54, 1.807) is 12.4 Å². The van der Waals surface area contributed by atoms with Crippen LogP contribution in [0.1, 0.15) is 56.3 Å². The van der Waals surface area contributed by atoms with Gasteiger partial charge in [0.25, 0.3) is 0 Å². The van der Waals surface area contributed by atoms with E-state index in [-0.39, 0.29) is 11.9 Å². The van der Waals surface area contributed by atoms with Crippen molar-refractivity contribution in [2.75, 3.05) is 19.8 Å². The molecule has 5 rings (SSSR count). The quantitative estimate of drug-likeness (QED) is 0.534. The first-order valence-electron chi connectivity index (χ1n) is 12.3. The molecule has 1 aromatic carbocycles. The van der Waals surface area contributed by atoms with Crippen molar-refractivity contribution in [3.8, 4) is 0 Å². The topological polar surface area (TPSA) is 73.7 Å². The van der Waals surface area contributed by atoms with Crippen LogP contribution in [-0.2, 0) is 26.1 Å². The molecule has 7 heteroatoms. The summed E-state index contributed by atoms with van der Waals surface area (Å²) in [5.41, 5.74) is 2.71. The van der Waals surface area contributed by atoms with E-state index in [4.69, 9.17) is 9.47 Å². The summed E-state index contributed by atoms with van der Waals surface area (Å²) in [6.45, 7) is 9.34. The number of ether oxygens (including phenoxy) is 2. The van der Waals surface area contributed by atoms with Crippen molar-refractivity contribution in [2.45, 2.75) is 64.0 Å². The van der Waals surface area contributed by atoms with Crippen LogP contribution in [0.3, 0.4) is 0 Å². The molecule has 4 heterocycles. The largest absolute Gasteiger partial charge is 0.443 e. The average molecular weight is 476 g/mol. The first kappa shape index (κ1) is 23.5. The maximum Gasteiger partial charge on any atom is 0.417 e. The molecule has 2 aliphatic heterocycles. The number of aromatic nitrogens is 2. The van der Waals surface area contributed by atoms with Crippen LogP contribution in [0, 0.1) is 6.92 Å². The third-order valence-electron chi connectivity index (χ3n) is 7.17. The zero-order valence-corrected chi connectivity index (χ0v) is 20.9. The van der Waals surface area contributed by atoms with Crippen LogP contribution in [0.15, 0.2) is 48.9 Å². The van der Waals surface area contributed by atoms with E-state index in [9.17, 15) is 9.59 Å². The minimum absolute atomic E-state index is 0.207. The molecule has 0 spiro atoms. The number of rotatable bonds is 4. The van der Waals surface area contributed by atoms with Crippen molar-refractivity contribution < 1.29 is 19.1 Å². The molecule has 0 N–H and O–H groups in total. The zero-order chi connectivity index (χ0) is 24.8. The van der Waals surface area contributed by atoms with E-state index in [2.05, 4.69) is 40.9 Å². The number of fused-ring (bicyclic) bond motifs is 1. The lowest BCUT2D eigenvalue weighted by atomic mass is 9.74. The minimum atomic E-state index is -0.859. The fraction of sp³-hybridized carbons (Fsp3) is 0.464. The predicted molar refractivity (Wildman–Crippen MR) is 133 cm³/mol. The molecule has 0 aliphatic carbocycles. The summed E-state index contributed by atoms with van der Waals surface area (Å²) in [7, 11) is 0.